The molecule has 0 unspecified atom stereocenters. The van der Waals surface area contributed by atoms with Gasteiger partial charge in [-0.3, -0.25) is 4.79 Å². The first-order chi connectivity index (χ1) is 8.74. The predicted molar refractivity (Wildman–Crippen MR) is 71.0 cm³/mol. The number of hydrogen-bond donors (Lipinski definition) is 1. The van der Waals surface area contributed by atoms with Gasteiger partial charge in [0.05, 0.1) is 5.52 Å². The second-order valence-electron chi connectivity index (χ2n) is 4.05. The normalized spacial score (nSPS) is 10.9. The molecule has 0 saturated heterocycles. The summed E-state index contributed by atoms with van der Waals surface area (Å²) >= 11 is 1.69. The molecule has 3 heterocycles. The van der Waals surface area contributed by atoms with Gasteiger partial charge in [0, 0.05) is 23.1 Å². The minimum atomic E-state index is 0.0220. The number of nitrogens with one attached hydrogen (secondary N) is 1. The first kappa shape index (κ1) is 11.1. The molecule has 18 heavy (non-hydrogen) atoms. The number of thiophene rings is 1. The van der Waals surface area contributed by atoms with Crippen LogP contribution in [-0.4, -0.2) is 20.7 Å². The van der Waals surface area contributed by atoms with Crippen LogP contribution in [0.3, 0.4) is 0 Å². The van der Waals surface area contributed by atoms with E-state index in [9.17, 15) is 4.79 Å². The molecule has 5 heteroatoms. The number of H-pyrrole nitrogens is 1. The molecule has 3 aromatic rings. The summed E-state index contributed by atoms with van der Waals surface area (Å²) in [7, 11) is 0. The van der Waals surface area contributed by atoms with E-state index in [2.05, 4.69) is 21.0 Å². The molecule has 0 aliphatic rings. The number of carbonyl (C=O) groups excluding carboxylic acids is 1. The van der Waals surface area contributed by atoms with Crippen molar-refractivity contribution in [2.24, 2.45) is 0 Å². The van der Waals surface area contributed by atoms with E-state index in [4.69, 9.17) is 0 Å². The number of carbonyl (C=O) groups is 1. The molecule has 0 aromatic carbocycles. The van der Waals surface area contributed by atoms with Crippen molar-refractivity contribution in [3.63, 3.8) is 0 Å². The zero-order valence-corrected chi connectivity index (χ0v) is 10.6. The lowest BCUT2D eigenvalue weighted by atomic mass is 10.2. The Hall–Kier alpha value is -2.01. The van der Waals surface area contributed by atoms with Gasteiger partial charge < -0.3 is 4.98 Å². The fraction of sp³-hybridized carbons (Fsp3) is 0.154. The Labute approximate surface area is 108 Å². The second kappa shape index (κ2) is 4.34. The van der Waals surface area contributed by atoms with Crippen molar-refractivity contribution in [2.45, 2.75) is 13.3 Å². The van der Waals surface area contributed by atoms with Crippen molar-refractivity contribution < 1.29 is 4.79 Å². The van der Waals surface area contributed by atoms with Crippen LogP contribution in [-0.2, 0) is 6.42 Å². The number of pyridine rings is 1. The minimum Gasteiger partial charge on any atom is -0.340 e. The monoisotopic (exact) mass is 257 g/mol. The Kier molecular flexibility index (Phi) is 2.68. The van der Waals surface area contributed by atoms with Crippen molar-refractivity contribution in [1.29, 1.82) is 0 Å². The van der Waals surface area contributed by atoms with Crippen molar-refractivity contribution >= 4 is 28.3 Å². The van der Waals surface area contributed by atoms with Gasteiger partial charge in [-0.25, -0.2) is 9.97 Å². The maximum Gasteiger partial charge on any atom is 0.178 e. The van der Waals surface area contributed by atoms with E-state index in [1.54, 1.807) is 30.5 Å². The van der Waals surface area contributed by atoms with Crippen LogP contribution in [0.4, 0.5) is 0 Å². The summed E-state index contributed by atoms with van der Waals surface area (Å²) in [6.07, 6.45) is 2.36. The van der Waals surface area contributed by atoms with Gasteiger partial charge in [-0.05, 0) is 24.4 Å². The van der Waals surface area contributed by atoms with Crippen LogP contribution < -0.4 is 0 Å². The van der Waals surface area contributed by atoms with E-state index < -0.39 is 0 Å². The molecule has 0 aliphatic carbocycles. The minimum absolute atomic E-state index is 0.0220. The highest BCUT2D eigenvalue weighted by Crippen LogP contribution is 2.18. The number of rotatable bonds is 3. The smallest absolute Gasteiger partial charge is 0.178 e. The van der Waals surface area contributed by atoms with Gasteiger partial charge in [-0.15, -0.1) is 11.3 Å². The van der Waals surface area contributed by atoms with Crippen LogP contribution in [0.1, 0.15) is 28.0 Å². The van der Waals surface area contributed by atoms with E-state index in [1.807, 2.05) is 11.4 Å². The molecule has 0 fully saturated rings. The van der Waals surface area contributed by atoms with Crippen LogP contribution in [0.15, 0.2) is 29.8 Å². The number of Topliss-reactive ketones (excluding diaryl/α,β-unsaturated/α-hetero) is 1. The second-order valence-corrected chi connectivity index (χ2v) is 5.09. The molecule has 0 spiro atoms. The number of aromatic amines is 1. The molecule has 4 nitrogen and oxygen atoms in total. The lowest BCUT2D eigenvalue weighted by Crippen LogP contribution is -1.94. The topological polar surface area (TPSA) is 58.6 Å². The van der Waals surface area contributed by atoms with Crippen LogP contribution in [0, 0.1) is 0 Å². The van der Waals surface area contributed by atoms with E-state index in [0.29, 0.717) is 11.2 Å². The Balaban J connectivity index is 2.05. The van der Waals surface area contributed by atoms with Crippen LogP contribution in [0.5, 0.6) is 0 Å². The summed E-state index contributed by atoms with van der Waals surface area (Å²) in [6, 6.07) is 5.80. The van der Waals surface area contributed by atoms with Crippen molar-refractivity contribution in [1.82, 2.24) is 15.0 Å². The van der Waals surface area contributed by atoms with Gasteiger partial charge in [0.15, 0.2) is 11.4 Å². The standard InChI is InChI=1S/C13H11N3OS/c1-8(17)10-4-5-14-13-12(10)15-11(16-13)7-9-3-2-6-18-9/h2-6H,7H2,1H3,(H,14,15,16). The fourth-order valence-corrected chi connectivity index (χ4v) is 2.62. The van der Waals surface area contributed by atoms with Crippen molar-refractivity contribution in [3.05, 3.63) is 46.0 Å². The SMILES string of the molecule is CC(=O)c1ccnc2nc(Cc3cccs3)[nH]c12. The van der Waals surface area contributed by atoms with E-state index in [1.165, 1.54) is 4.88 Å². The summed E-state index contributed by atoms with van der Waals surface area (Å²) in [5, 5.41) is 2.04. The van der Waals surface area contributed by atoms with Gasteiger partial charge in [0.2, 0.25) is 0 Å². The number of aromatic nitrogens is 3. The van der Waals surface area contributed by atoms with Crippen LogP contribution in [0.25, 0.3) is 11.2 Å². The maximum absolute atomic E-state index is 11.5. The highest BCUT2D eigenvalue weighted by atomic mass is 32.1. The van der Waals surface area contributed by atoms with E-state index in [-0.39, 0.29) is 5.78 Å². The molecule has 0 atom stereocenters. The lowest BCUT2D eigenvalue weighted by molar-refractivity contribution is 0.101. The summed E-state index contributed by atoms with van der Waals surface area (Å²) < 4.78 is 0. The summed E-state index contributed by atoms with van der Waals surface area (Å²) in [5.74, 6) is 0.863. The molecule has 0 amide bonds. The predicted octanol–water partition coefficient (Wildman–Crippen LogP) is 2.81. The molecular formula is C13H11N3OS. The molecule has 0 aliphatic heterocycles. The lowest BCUT2D eigenvalue weighted by Gasteiger charge is -1.95. The third-order valence-corrected chi connectivity index (χ3v) is 3.62. The van der Waals surface area contributed by atoms with Gasteiger partial charge in [-0.1, -0.05) is 6.07 Å². The average Bonchev–Trinajstić information content (AvgIpc) is 2.96. The Bertz CT molecular complexity index is 700. The molecule has 3 aromatic heterocycles. The molecule has 1 N–H and O–H groups in total. The Morgan fingerprint density at radius 1 is 1.44 bits per heavy atom. The molecule has 0 saturated carbocycles. The highest BCUT2D eigenvalue weighted by molar-refractivity contribution is 7.09. The summed E-state index contributed by atoms with van der Waals surface area (Å²) in [5.41, 5.74) is 1.98. The molecular weight excluding hydrogens is 246 g/mol. The zero-order chi connectivity index (χ0) is 12.5. The number of imidazole rings is 1. The van der Waals surface area contributed by atoms with Gasteiger partial charge >= 0.3 is 0 Å². The fourth-order valence-electron chi connectivity index (χ4n) is 1.91. The number of ketones is 1. The summed E-state index contributed by atoms with van der Waals surface area (Å²) in [4.78, 5) is 24.5. The van der Waals surface area contributed by atoms with E-state index >= 15 is 0 Å². The largest absolute Gasteiger partial charge is 0.340 e. The number of nitrogens with zero attached hydrogens (tertiary/aromatic N) is 2. The molecule has 0 bridgehead atoms. The molecule has 3 rings (SSSR count). The third-order valence-electron chi connectivity index (χ3n) is 2.74. The summed E-state index contributed by atoms with van der Waals surface area (Å²) in [6.45, 7) is 1.55. The Morgan fingerprint density at radius 3 is 3.06 bits per heavy atom. The number of hydrogen-bond acceptors (Lipinski definition) is 4. The average molecular weight is 257 g/mol. The number of fused-ring (bicyclic) bond motifs is 1. The van der Waals surface area contributed by atoms with Crippen molar-refractivity contribution in [2.75, 3.05) is 0 Å². The molecule has 0 radical (unpaired) electrons. The van der Waals surface area contributed by atoms with Gasteiger partial charge in [0.1, 0.15) is 5.82 Å². The van der Waals surface area contributed by atoms with Crippen LogP contribution >= 0.6 is 11.3 Å². The van der Waals surface area contributed by atoms with Gasteiger partial charge in [-0.2, -0.15) is 0 Å². The quantitative estimate of drug-likeness (QED) is 0.734. The van der Waals surface area contributed by atoms with Crippen LogP contribution in [0.2, 0.25) is 0 Å². The first-order valence-corrected chi connectivity index (χ1v) is 6.49. The molecule has 90 valence electrons. The zero-order valence-electron chi connectivity index (χ0n) is 9.80. The third kappa shape index (κ3) is 1.93. The van der Waals surface area contributed by atoms with Crippen molar-refractivity contribution in [3.8, 4) is 0 Å². The van der Waals surface area contributed by atoms with E-state index in [0.717, 1.165) is 17.8 Å². The Morgan fingerprint density at radius 2 is 2.33 bits per heavy atom. The first-order valence-electron chi connectivity index (χ1n) is 5.61. The highest BCUT2D eigenvalue weighted by Gasteiger charge is 2.11. The maximum atomic E-state index is 11.5. The van der Waals surface area contributed by atoms with Gasteiger partial charge in [0.25, 0.3) is 0 Å².